The molecule has 0 aliphatic carbocycles. The van der Waals surface area contributed by atoms with E-state index in [4.69, 9.17) is 57.2 Å². The Morgan fingerprint density at radius 1 is 1.27 bits per heavy atom. The molecule has 3 N–H and O–H groups in total. The third-order valence-electron chi connectivity index (χ3n) is 3.79. The summed E-state index contributed by atoms with van der Waals surface area (Å²) < 4.78 is 0. The van der Waals surface area contributed by atoms with Crippen LogP contribution in [0.25, 0.3) is 0 Å². The summed E-state index contributed by atoms with van der Waals surface area (Å²) in [4.78, 5) is 11.1. The van der Waals surface area contributed by atoms with Gasteiger partial charge in [0.25, 0.3) is 0 Å². The summed E-state index contributed by atoms with van der Waals surface area (Å²) in [5.41, 5.74) is 5.30. The van der Waals surface area contributed by atoms with E-state index in [1.165, 1.54) is 6.92 Å². The SMILES string of the molecule is CCC(CCc1c(Cl)cc(Cl)c(Cl)c1Cl)CC(C)(N)C(=O)O. The smallest absolute Gasteiger partial charge is 0.323 e. The number of benzene rings is 1. The van der Waals surface area contributed by atoms with Crippen molar-refractivity contribution < 1.29 is 9.90 Å². The normalized spacial score (nSPS) is 15.4. The molecule has 1 aromatic rings. The second-order valence-corrected chi connectivity index (χ2v) is 7.26. The van der Waals surface area contributed by atoms with Gasteiger partial charge in [-0.05, 0) is 43.7 Å². The molecule has 0 saturated heterocycles. The van der Waals surface area contributed by atoms with Gasteiger partial charge in [0.1, 0.15) is 5.54 Å². The van der Waals surface area contributed by atoms with Crippen LogP contribution in [0.5, 0.6) is 0 Å². The summed E-state index contributed by atoms with van der Waals surface area (Å²) >= 11 is 24.3. The summed E-state index contributed by atoms with van der Waals surface area (Å²) in [6.45, 7) is 3.53. The Kier molecular flexibility index (Phi) is 7.28. The first-order valence-electron chi connectivity index (χ1n) is 6.94. The van der Waals surface area contributed by atoms with Crippen molar-refractivity contribution in [2.75, 3.05) is 0 Å². The molecule has 2 unspecified atom stereocenters. The van der Waals surface area contributed by atoms with E-state index < -0.39 is 11.5 Å². The van der Waals surface area contributed by atoms with E-state index in [1.54, 1.807) is 6.07 Å². The van der Waals surface area contributed by atoms with Crippen molar-refractivity contribution in [2.24, 2.45) is 11.7 Å². The molecule has 0 aliphatic rings. The Morgan fingerprint density at radius 3 is 2.36 bits per heavy atom. The van der Waals surface area contributed by atoms with Gasteiger partial charge in [-0.15, -0.1) is 0 Å². The van der Waals surface area contributed by atoms with E-state index in [9.17, 15) is 4.79 Å². The Balaban J connectivity index is 2.84. The highest BCUT2D eigenvalue weighted by atomic mass is 35.5. The van der Waals surface area contributed by atoms with Crippen LogP contribution in [0.4, 0.5) is 0 Å². The number of rotatable bonds is 7. The summed E-state index contributed by atoms with van der Waals surface area (Å²) in [5, 5.41) is 10.5. The monoisotopic (exact) mass is 385 g/mol. The van der Waals surface area contributed by atoms with Crippen LogP contribution in [0.2, 0.25) is 20.1 Å². The zero-order valence-electron chi connectivity index (χ0n) is 12.4. The summed E-state index contributed by atoms with van der Waals surface area (Å²) in [5.74, 6) is -0.857. The van der Waals surface area contributed by atoms with Gasteiger partial charge in [0.2, 0.25) is 0 Å². The lowest BCUT2D eigenvalue weighted by molar-refractivity contribution is -0.143. The minimum Gasteiger partial charge on any atom is -0.480 e. The predicted molar refractivity (Wildman–Crippen MR) is 93.4 cm³/mol. The first kappa shape index (κ1) is 19.9. The molecule has 0 saturated carbocycles. The van der Waals surface area contributed by atoms with Crippen LogP contribution in [0, 0.1) is 5.92 Å². The number of hydrogen-bond donors (Lipinski definition) is 2. The molecule has 0 fully saturated rings. The molecule has 0 radical (unpaired) electrons. The Bertz CT molecular complexity index is 561. The molecule has 0 heterocycles. The molecule has 22 heavy (non-hydrogen) atoms. The molecule has 2 atom stereocenters. The van der Waals surface area contributed by atoms with Crippen molar-refractivity contribution in [1.29, 1.82) is 0 Å². The number of hydrogen-bond acceptors (Lipinski definition) is 2. The van der Waals surface area contributed by atoms with Crippen LogP contribution < -0.4 is 5.73 Å². The van der Waals surface area contributed by atoms with E-state index in [0.717, 1.165) is 12.0 Å². The van der Waals surface area contributed by atoms with Crippen LogP contribution in [0.1, 0.15) is 38.7 Å². The first-order valence-corrected chi connectivity index (χ1v) is 8.45. The Morgan fingerprint density at radius 2 is 1.86 bits per heavy atom. The van der Waals surface area contributed by atoms with Gasteiger partial charge in [0, 0.05) is 5.02 Å². The average molecular weight is 387 g/mol. The fourth-order valence-corrected chi connectivity index (χ4v) is 3.44. The van der Waals surface area contributed by atoms with Gasteiger partial charge in [-0.3, -0.25) is 4.79 Å². The van der Waals surface area contributed by atoms with Crippen LogP contribution in [-0.4, -0.2) is 16.6 Å². The standard InChI is InChI=1S/C15H19Cl4NO2/c1-3-8(7-15(2,20)14(21)22)4-5-9-10(16)6-11(17)13(19)12(9)18/h6,8H,3-5,7,20H2,1-2H3,(H,21,22). The van der Waals surface area contributed by atoms with Gasteiger partial charge in [-0.1, -0.05) is 59.7 Å². The molecular formula is C15H19Cl4NO2. The highest BCUT2D eigenvalue weighted by Crippen LogP contribution is 2.38. The molecule has 7 heteroatoms. The van der Waals surface area contributed by atoms with Crippen molar-refractivity contribution >= 4 is 52.4 Å². The van der Waals surface area contributed by atoms with E-state index in [-0.39, 0.29) is 10.9 Å². The number of carbonyl (C=O) groups is 1. The first-order chi connectivity index (χ1) is 10.1. The molecular weight excluding hydrogens is 368 g/mol. The lowest BCUT2D eigenvalue weighted by atomic mass is 9.85. The minimum atomic E-state index is -1.24. The van der Waals surface area contributed by atoms with Gasteiger partial charge in [0.15, 0.2) is 0 Å². The highest BCUT2D eigenvalue weighted by Gasteiger charge is 2.30. The van der Waals surface area contributed by atoms with Gasteiger partial charge in [-0.2, -0.15) is 0 Å². The van der Waals surface area contributed by atoms with Crippen LogP contribution in [-0.2, 0) is 11.2 Å². The number of aliphatic carboxylic acids is 1. The molecule has 0 spiro atoms. The van der Waals surface area contributed by atoms with E-state index in [0.29, 0.717) is 34.3 Å². The predicted octanol–water partition coefficient (Wildman–Crippen LogP) is 5.45. The van der Waals surface area contributed by atoms with E-state index in [1.807, 2.05) is 6.92 Å². The lowest BCUT2D eigenvalue weighted by Gasteiger charge is -2.25. The largest absolute Gasteiger partial charge is 0.480 e. The molecule has 1 aromatic carbocycles. The quantitative estimate of drug-likeness (QED) is 0.483. The van der Waals surface area contributed by atoms with Gasteiger partial charge in [0.05, 0.1) is 15.1 Å². The number of carboxylic acids is 1. The maximum atomic E-state index is 11.1. The minimum absolute atomic E-state index is 0.146. The van der Waals surface area contributed by atoms with Crippen molar-refractivity contribution in [3.63, 3.8) is 0 Å². The fraction of sp³-hybridized carbons (Fsp3) is 0.533. The topological polar surface area (TPSA) is 63.3 Å². The van der Waals surface area contributed by atoms with Gasteiger partial charge >= 0.3 is 5.97 Å². The van der Waals surface area contributed by atoms with Crippen molar-refractivity contribution in [3.05, 3.63) is 31.7 Å². The lowest BCUT2D eigenvalue weighted by Crippen LogP contribution is -2.46. The Labute approximate surface area is 150 Å². The number of nitrogens with two attached hydrogens (primary N) is 1. The van der Waals surface area contributed by atoms with E-state index in [2.05, 4.69) is 0 Å². The zero-order chi connectivity index (χ0) is 17.1. The van der Waals surface area contributed by atoms with Crippen LogP contribution in [0.3, 0.4) is 0 Å². The Hall–Kier alpha value is -0.190. The third-order valence-corrected chi connectivity index (χ3v) is 5.43. The van der Waals surface area contributed by atoms with Crippen molar-refractivity contribution in [1.82, 2.24) is 0 Å². The van der Waals surface area contributed by atoms with E-state index >= 15 is 0 Å². The molecule has 3 nitrogen and oxygen atoms in total. The van der Waals surface area contributed by atoms with Gasteiger partial charge in [-0.25, -0.2) is 0 Å². The maximum absolute atomic E-state index is 11.1. The molecule has 124 valence electrons. The summed E-state index contributed by atoms with van der Waals surface area (Å²) in [6, 6.07) is 1.57. The summed E-state index contributed by atoms with van der Waals surface area (Å²) in [6.07, 6.45) is 2.50. The molecule has 0 amide bonds. The van der Waals surface area contributed by atoms with Crippen LogP contribution in [0.15, 0.2) is 6.07 Å². The van der Waals surface area contributed by atoms with Gasteiger partial charge < -0.3 is 10.8 Å². The maximum Gasteiger partial charge on any atom is 0.323 e. The molecule has 0 bridgehead atoms. The number of carboxylic acid groups (broad SMARTS) is 1. The molecule has 1 rings (SSSR count). The third kappa shape index (κ3) is 4.90. The number of halogens is 4. The zero-order valence-corrected chi connectivity index (χ0v) is 15.5. The fourth-order valence-electron chi connectivity index (χ4n) is 2.32. The van der Waals surface area contributed by atoms with Crippen LogP contribution >= 0.6 is 46.4 Å². The second-order valence-electron chi connectivity index (χ2n) is 5.69. The summed E-state index contributed by atoms with van der Waals surface area (Å²) in [7, 11) is 0. The second kappa shape index (κ2) is 8.07. The average Bonchev–Trinajstić information content (AvgIpc) is 2.43. The van der Waals surface area contributed by atoms with Crippen molar-refractivity contribution in [3.8, 4) is 0 Å². The highest BCUT2D eigenvalue weighted by molar-refractivity contribution is 6.49. The van der Waals surface area contributed by atoms with Crippen molar-refractivity contribution in [2.45, 2.75) is 45.1 Å². The molecule has 0 aliphatic heterocycles. The molecule has 0 aromatic heterocycles.